The highest BCUT2D eigenvalue weighted by Gasteiger charge is 2.09. The zero-order chi connectivity index (χ0) is 18.5. The third-order valence-electron chi connectivity index (χ3n) is 3.51. The number of amides is 3. The topological polar surface area (TPSA) is 92.3 Å². The number of carbonyl (C=O) groups is 2. The number of hydrogen-bond acceptors (Lipinski definition) is 5. The fourth-order valence-electron chi connectivity index (χ4n) is 2.39. The molecule has 0 saturated heterocycles. The molecule has 8 heteroatoms. The van der Waals surface area contributed by atoms with E-state index in [1.54, 1.807) is 29.5 Å². The average molecular weight is 370 g/mol. The molecule has 0 radical (unpaired) electrons. The molecule has 0 aliphatic heterocycles. The lowest BCUT2D eigenvalue weighted by Gasteiger charge is -2.12. The zero-order valence-electron chi connectivity index (χ0n) is 14.3. The minimum absolute atomic E-state index is 0.197. The highest BCUT2D eigenvalue weighted by Crippen LogP contribution is 2.28. The first kappa shape index (κ1) is 17.7. The molecule has 3 aromatic rings. The van der Waals surface area contributed by atoms with Crippen LogP contribution in [-0.4, -0.2) is 24.0 Å². The van der Waals surface area contributed by atoms with Crippen LogP contribution in [0, 0.1) is 0 Å². The van der Waals surface area contributed by atoms with Crippen LogP contribution in [0.1, 0.15) is 11.9 Å². The molecule has 2 aromatic carbocycles. The van der Waals surface area contributed by atoms with Gasteiger partial charge in [-0.15, -0.1) is 11.3 Å². The Morgan fingerprint density at radius 3 is 2.69 bits per heavy atom. The number of thiazole rings is 1. The number of nitrogens with zero attached hydrogens (tertiary/aromatic N) is 1. The number of anilines is 2. The monoisotopic (exact) mass is 370 g/mol. The van der Waals surface area contributed by atoms with E-state index >= 15 is 0 Å². The van der Waals surface area contributed by atoms with E-state index in [4.69, 9.17) is 4.74 Å². The normalized spacial score (nSPS) is 10.4. The third-order valence-corrected chi connectivity index (χ3v) is 4.54. The standard InChI is InChI=1S/C18H18N4O3S/c1-11(23)20-13-8-7-12(9-15(13)25-2)21-18(24)19-10-17-22-14-5-3-4-6-16(14)26-17/h3-9H,10H2,1-2H3,(H,20,23)(H2,19,21,24). The molecule has 26 heavy (non-hydrogen) atoms. The molecule has 0 saturated carbocycles. The van der Waals surface area contributed by atoms with Crippen molar-refractivity contribution in [1.29, 1.82) is 0 Å². The van der Waals surface area contributed by atoms with E-state index in [1.165, 1.54) is 14.0 Å². The number of fused-ring (bicyclic) bond motifs is 1. The first-order valence-electron chi connectivity index (χ1n) is 7.90. The van der Waals surface area contributed by atoms with E-state index in [2.05, 4.69) is 20.9 Å². The van der Waals surface area contributed by atoms with Crippen molar-refractivity contribution in [3.8, 4) is 5.75 Å². The van der Waals surface area contributed by atoms with Gasteiger partial charge in [-0.3, -0.25) is 4.79 Å². The third kappa shape index (κ3) is 4.28. The number of urea groups is 1. The van der Waals surface area contributed by atoms with E-state index in [1.807, 2.05) is 24.3 Å². The van der Waals surface area contributed by atoms with Gasteiger partial charge < -0.3 is 20.7 Å². The highest BCUT2D eigenvalue weighted by atomic mass is 32.1. The van der Waals surface area contributed by atoms with E-state index in [-0.39, 0.29) is 11.9 Å². The molecule has 1 aromatic heterocycles. The maximum absolute atomic E-state index is 12.1. The number of carbonyl (C=O) groups excluding carboxylic acids is 2. The van der Waals surface area contributed by atoms with Crippen LogP contribution in [0.2, 0.25) is 0 Å². The number of rotatable bonds is 5. The number of ether oxygens (including phenoxy) is 1. The molecule has 3 rings (SSSR count). The van der Waals surface area contributed by atoms with Crippen LogP contribution in [-0.2, 0) is 11.3 Å². The maximum Gasteiger partial charge on any atom is 0.319 e. The molecule has 0 bridgehead atoms. The van der Waals surface area contributed by atoms with Gasteiger partial charge in [0.1, 0.15) is 10.8 Å². The van der Waals surface area contributed by atoms with E-state index in [0.717, 1.165) is 15.2 Å². The van der Waals surface area contributed by atoms with Gasteiger partial charge in [0, 0.05) is 18.7 Å². The van der Waals surface area contributed by atoms with Crippen molar-refractivity contribution in [2.75, 3.05) is 17.7 Å². The van der Waals surface area contributed by atoms with Crippen molar-refractivity contribution in [3.63, 3.8) is 0 Å². The molecule has 0 spiro atoms. The number of aromatic nitrogens is 1. The smallest absolute Gasteiger partial charge is 0.319 e. The summed E-state index contributed by atoms with van der Waals surface area (Å²) in [7, 11) is 1.50. The summed E-state index contributed by atoms with van der Waals surface area (Å²) < 4.78 is 6.32. The van der Waals surface area contributed by atoms with Gasteiger partial charge in [0.25, 0.3) is 0 Å². The molecular weight excluding hydrogens is 352 g/mol. The predicted molar refractivity (Wildman–Crippen MR) is 103 cm³/mol. The first-order chi connectivity index (χ1) is 12.5. The summed E-state index contributed by atoms with van der Waals surface area (Å²) in [6, 6.07) is 12.5. The van der Waals surface area contributed by atoms with Crippen LogP contribution >= 0.6 is 11.3 Å². The SMILES string of the molecule is COc1cc(NC(=O)NCc2nc3ccccc3s2)ccc1NC(C)=O. The van der Waals surface area contributed by atoms with E-state index in [0.29, 0.717) is 23.7 Å². The van der Waals surface area contributed by atoms with Crippen molar-refractivity contribution >= 4 is 44.9 Å². The Balaban J connectivity index is 1.61. The lowest BCUT2D eigenvalue weighted by atomic mass is 10.2. The Kier molecular flexibility index (Phi) is 5.33. The number of benzene rings is 2. The van der Waals surface area contributed by atoms with Crippen LogP contribution in [0.3, 0.4) is 0 Å². The lowest BCUT2D eigenvalue weighted by Crippen LogP contribution is -2.28. The molecule has 1 heterocycles. The van der Waals surface area contributed by atoms with Crippen LogP contribution in [0.5, 0.6) is 5.75 Å². The summed E-state index contributed by atoms with van der Waals surface area (Å²) in [5.74, 6) is 0.266. The van der Waals surface area contributed by atoms with Gasteiger partial charge in [-0.2, -0.15) is 0 Å². The largest absolute Gasteiger partial charge is 0.494 e. The summed E-state index contributed by atoms with van der Waals surface area (Å²) in [5.41, 5.74) is 2.02. The zero-order valence-corrected chi connectivity index (χ0v) is 15.1. The fraction of sp³-hybridized carbons (Fsp3) is 0.167. The second-order valence-corrected chi connectivity index (χ2v) is 6.59. The Morgan fingerprint density at radius 1 is 1.15 bits per heavy atom. The molecule has 0 atom stereocenters. The number of methoxy groups -OCH3 is 1. The molecule has 134 valence electrons. The molecule has 0 unspecified atom stereocenters. The molecule has 0 fully saturated rings. The lowest BCUT2D eigenvalue weighted by molar-refractivity contribution is -0.114. The minimum Gasteiger partial charge on any atom is -0.494 e. The quantitative estimate of drug-likeness (QED) is 0.640. The molecule has 3 N–H and O–H groups in total. The van der Waals surface area contributed by atoms with Crippen molar-refractivity contribution < 1.29 is 14.3 Å². The number of nitrogens with one attached hydrogen (secondary N) is 3. The van der Waals surface area contributed by atoms with Crippen LogP contribution in [0.15, 0.2) is 42.5 Å². The number of hydrogen-bond donors (Lipinski definition) is 3. The second kappa shape index (κ2) is 7.83. The van der Waals surface area contributed by atoms with Gasteiger partial charge in [-0.25, -0.2) is 9.78 Å². The van der Waals surface area contributed by atoms with Gasteiger partial charge in [0.2, 0.25) is 5.91 Å². The second-order valence-electron chi connectivity index (χ2n) is 5.48. The predicted octanol–water partition coefficient (Wildman–Crippen LogP) is 3.59. The van der Waals surface area contributed by atoms with Gasteiger partial charge in [0.15, 0.2) is 0 Å². The number of para-hydroxylation sites is 1. The van der Waals surface area contributed by atoms with E-state index < -0.39 is 0 Å². The Morgan fingerprint density at radius 2 is 1.96 bits per heavy atom. The van der Waals surface area contributed by atoms with Gasteiger partial charge in [-0.05, 0) is 24.3 Å². The molecule has 3 amide bonds. The van der Waals surface area contributed by atoms with Gasteiger partial charge >= 0.3 is 6.03 Å². The molecule has 7 nitrogen and oxygen atoms in total. The highest BCUT2D eigenvalue weighted by molar-refractivity contribution is 7.18. The van der Waals surface area contributed by atoms with Crippen molar-refractivity contribution in [2.24, 2.45) is 0 Å². The summed E-state index contributed by atoms with van der Waals surface area (Å²) in [6.07, 6.45) is 0. The molecule has 0 aliphatic rings. The molecule has 0 aliphatic carbocycles. The Hall–Kier alpha value is -3.13. The Bertz CT molecular complexity index is 922. The van der Waals surface area contributed by atoms with Crippen LogP contribution in [0.4, 0.5) is 16.2 Å². The summed E-state index contributed by atoms with van der Waals surface area (Å²) in [5, 5.41) is 9.01. The minimum atomic E-state index is -0.349. The van der Waals surface area contributed by atoms with E-state index in [9.17, 15) is 9.59 Å². The Labute approximate surface area is 154 Å². The molecular formula is C18H18N4O3S. The summed E-state index contributed by atoms with van der Waals surface area (Å²) >= 11 is 1.55. The van der Waals surface area contributed by atoms with Crippen LogP contribution < -0.4 is 20.7 Å². The van der Waals surface area contributed by atoms with Gasteiger partial charge in [-0.1, -0.05) is 12.1 Å². The average Bonchev–Trinajstić information content (AvgIpc) is 3.04. The van der Waals surface area contributed by atoms with Crippen molar-refractivity contribution in [3.05, 3.63) is 47.5 Å². The van der Waals surface area contributed by atoms with Crippen LogP contribution in [0.25, 0.3) is 10.2 Å². The van der Waals surface area contributed by atoms with Gasteiger partial charge in [0.05, 0.1) is 29.6 Å². The summed E-state index contributed by atoms with van der Waals surface area (Å²) in [6.45, 7) is 1.76. The van der Waals surface area contributed by atoms with Crippen molar-refractivity contribution in [2.45, 2.75) is 13.5 Å². The van der Waals surface area contributed by atoms with Crippen molar-refractivity contribution in [1.82, 2.24) is 10.3 Å². The summed E-state index contributed by atoms with van der Waals surface area (Å²) in [4.78, 5) is 27.8. The maximum atomic E-state index is 12.1. The fourth-order valence-corrected chi connectivity index (χ4v) is 3.30. The first-order valence-corrected chi connectivity index (χ1v) is 8.72.